The highest BCUT2D eigenvalue weighted by Gasteiger charge is 2.20. The molecule has 2 aromatic rings. The first-order valence-corrected chi connectivity index (χ1v) is 7.45. The maximum absolute atomic E-state index is 12.5. The molecule has 22 heavy (non-hydrogen) atoms. The molecule has 0 aliphatic rings. The van der Waals surface area contributed by atoms with Crippen molar-refractivity contribution in [1.29, 1.82) is 0 Å². The number of aromatic carboxylic acids is 1. The van der Waals surface area contributed by atoms with Crippen LogP contribution in [0.15, 0.2) is 21.9 Å². The molecule has 118 valence electrons. The number of furan rings is 1. The summed E-state index contributed by atoms with van der Waals surface area (Å²) in [7, 11) is 3.23. The van der Waals surface area contributed by atoms with Gasteiger partial charge in [0.15, 0.2) is 0 Å². The highest BCUT2D eigenvalue weighted by Crippen LogP contribution is 2.21. The standard InChI is InChI=1S/C15H17NO5S/c1-9-12(15(18)19)6-11(21-9)7-16(2)14(17)13-10(8-20-3)4-5-22-13/h4-6H,7-8H2,1-3H3,(H,18,19). The number of ether oxygens (including phenoxy) is 1. The Hall–Kier alpha value is -2.12. The van der Waals surface area contributed by atoms with E-state index in [1.807, 2.05) is 11.4 Å². The van der Waals surface area contributed by atoms with Gasteiger partial charge >= 0.3 is 5.97 Å². The molecule has 0 fully saturated rings. The van der Waals surface area contributed by atoms with Crippen LogP contribution in [0.1, 0.15) is 37.1 Å². The van der Waals surface area contributed by atoms with Crippen LogP contribution in [0.2, 0.25) is 0 Å². The highest BCUT2D eigenvalue weighted by molar-refractivity contribution is 7.12. The Morgan fingerprint density at radius 1 is 1.45 bits per heavy atom. The van der Waals surface area contributed by atoms with Crippen molar-refractivity contribution in [1.82, 2.24) is 4.90 Å². The van der Waals surface area contributed by atoms with Gasteiger partial charge in [0.1, 0.15) is 17.1 Å². The first-order valence-electron chi connectivity index (χ1n) is 6.57. The number of rotatable bonds is 6. The highest BCUT2D eigenvalue weighted by atomic mass is 32.1. The van der Waals surface area contributed by atoms with E-state index in [1.165, 1.54) is 22.3 Å². The second-order valence-electron chi connectivity index (χ2n) is 4.86. The molecule has 0 saturated carbocycles. The molecule has 2 rings (SSSR count). The molecule has 1 N–H and O–H groups in total. The molecule has 1 amide bonds. The van der Waals surface area contributed by atoms with E-state index in [0.717, 1.165) is 5.56 Å². The molecule has 2 aromatic heterocycles. The Morgan fingerprint density at radius 2 is 2.18 bits per heavy atom. The summed E-state index contributed by atoms with van der Waals surface area (Å²) in [5, 5.41) is 10.9. The van der Waals surface area contributed by atoms with Crippen molar-refractivity contribution in [2.75, 3.05) is 14.2 Å². The van der Waals surface area contributed by atoms with Gasteiger partial charge in [-0.25, -0.2) is 4.79 Å². The average molecular weight is 323 g/mol. The Morgan fingerprint density at radius 3 is 2.77 bits per heavy atom. The molecule has 0 bridgehead atoms. The van der Waals surface area contributed by atoms with E-state index in [9.17, 15) is 9.59 Å². The normalized spacial score (nSPS) is 10.7. The van der Waals surface area contributed by atoms with E-state index in [-0.39, 0.29) is 18.0 Å². The molecule has 0 aliphatic carbocycles. The monoisotopic (exact) mass is 323 g/mol. The summed E-state index contributed by atoms with van der Waals surface area (Å²) in [4.78, 5) is 25.6. The van der Waals surface area contributed by atoms with Crippen LogP contribution in [0.25, 0.3) is 0 Å². The van der Waals surface area contributed by atoms with E-state index >= 15 is 0 Å². The minimum atomic E-state index is -1.04. The van der Waals surface area contributed by atoms with Crippen molar-refractivity contribution < 1.29 is 23.8 Å². The number of methoxy groups -OCH3 is 1. The third-order valence-electron chi connectivity index (χ3n) is 3.18. The topological polar surface area (TPSA) is 80.0 Å². The van der Waals surface area contributed by atoms with Gasteiger partial charge in [-0.05, 0) is 24.4 Å². The molecule has 0 atom stereocenters. The largest absolute Gasteiger partial charge is 0.478 e. The number of carboxylic acids is 1. The number of hydrogen-bond acceptors (Lipinski definition) is 5. The Balaban J connectivity index is 2.13. The maximum atomic E-state index is 12.5. The molecule has 0 spiro atoms. The summed E-state index contributed by atoms with van der Waals surface area (Å²) in [6, 6.07) is 3.31. The van der Waals surface area contributed by atoms with E-state index in [2.05, 4.69) is 0 Å². The third-order valence-corrected chi connectivity index (χ3v) is 4.12. The van der Waals surface area contributed by atoms with Gasteiger partial charge in [0.25, 0.3) is 5.91 Å². The molecule has 2 heterocycles. The molecule has 0 saturated heterocycles. The van der Waals surface area contributed by atoms with Crippen LogP contribution in [0, 0.1) is 6.92 Å². The van der Waals surface area contributed by atoms with Gasteiger partial charge in [0.05, 0.1) is 18.0 Å². The molecule has 0 aromatic carbocycles. The zero-order valence-electron chi connectivity index (χ0n) is 12.6. The quantitative estimate of drug-likeness (QED) is 0.884. The van der Waals surface area contributed by atoms with Crippen LogP contribution in [-0.2, 0) is 17.9 Å². The number of carbonyl (C=O) groups is 2. The Kier molecular flexibility index (Phi) is 4.99. The first kappa shape index (κ1) is 16.3. The SMILES string of the molecule is COCc1ccsc1C(=O)N(C)Cc1cc(C(=O)O)c(C)o1. The molecular weight excluding hydrogens is 306 g/mol. The maximum Gasteiger partial charge on any atom is 0.339 e. The summed E-state index contributed by atoms with van der Waals surface area (Å²) in [6.45, 7) is 2.17. The van der Waals surface area contributed by atoms with Crippen molar-refractivity contribution in [2.24, 2.45) is 0 Å². The van der Waals surface area contributed by atoms with E-state index in [4.69, 9.17) is 14.3 Å². The lowest BCUT2D eigenvalue weighted by atomic mass is 10.2. The van der Waals surface area contributed by atoms with Gasteiger partial charge in [-0.1, -0.05) is 0 Å². The number of nitrogens with zero attached hydrogens (tertiary/aromatic N) is 1. The smallest absolute Gasteiger partial charge is 0.339 e. The number of carboxylic acid groups (broad SMARTS) is 1. The Bertz CT molecular complexity index is 688. The third kappa shape index (κ3) is 3.37. The zero-order valence-corrected chi connectivity index (χ0v) is 13.4. The van der Waals surface area contributed by atoms with E-state index < -0.39 is 5.97 Å². The van der Waals surface area contributed by atoms with Gasteiger partial charge < -0.3 is 19.2 Å². The molecule has 0 aliphatic heterocycles. The predicted octanol–water partition coefficient (Wildman–Crippen LogP) is 2.77. The lowest BCUT2D eigenvalue weighted by molar-refractivity contribution is 0.0694. The molecule has 6 nitrogen and oxygen atoms in total. The number of hydrogen-bond donors (Lipinski definition) is 1. The van der Waals surface area contributed by atoms with Crippen LogP contribution in [0.4, 0.5) is 0 Å². The summed E-state index contributed by atoms with van der Waals surface area (Å²) in [5.41, 5.74) is 0.957. The first-order chi connectivity index (χ1) is 10.4. The fraction of sp³-hybridized carbons (Fsp3) is 0.333. The van der Waals surface area contributed by atoms with Crippen LogP contribution in [0.5, 0.6) is 0 Å². The predicted molar refractivity (Wildman–Crippen MR) is 81.2 cm³/mol. The van der Waals surface area contributed by atoms with Crippen LogP contribution in [0.3, 0.4) is 0 Å². The van der Waals surface area contributed by atoms with Crippen LogP contribution < -0.4 is 0 Å². The lowest BCUT2D eigenvalue weighted by Crippen LogP contribution is -2.26. The zero-order chi connectivity index (χ0) is 16.3. The fourth-order valence-corrected chi connectivity index (χ4v) is 3.01. The van der Waals surface area contributed by atoms with Gasteiger partial charge in [0, 0.05) is 19.7 Å². The number of thiophene rings is 1. The molecule has 0 unspecified atom stereocenters. The van der Waals surface area contributed by atoms with E-state index in [1.54, 1.807) is 21.1 Å². The molecular formula is C15H17NO5S. The van der Waals surface area contributed by atoms with E-state index in [0.29, 0.717) is 23.0 Å². The van der Waals surface area contributed by atoms with Crippen LogP contribution >= 0.6 is 11.3 Å². The minimum absolute atomic E-state index is 0.118. The second-order valence-corrected chi connectivity index (χ2v) is 5.77. The number of carbonyl (C=O) groups excluding carboxylic acids is 1. The van der Waals surface area contributed by atoms with Crippen molar-refractivity contribution in [3.63, 3.8) is 0 Å². The summed E-state index contributed by atoms with van der Waals surface area (Å²) in [6.07, 6.45) is 0. The average Bonchev–Trinajstić information content (AvgIpc) is 3.05. The molecule has 7 heteroatoms. The summed E-state index contributed by atoms with van der Waals surface area (Å²) >= 11 is 1.35. The van der Waals surface area contributed by atoms with Crippen molar-refractivity contribution in [3.05, 3.63) is 45.0 Å². The molecule has 0 radical (unpaired) electrons. The van der Waals surface area contributed by atoms with Crippen molar-refractivity contribution in [3.8, 4) is 0 Å². The second kappa shape index (κ2) is 6.76. The summed E-state index contributed by atoms with van der Waals surface area (Å²) in [5.74, 6) is -0.412. The number of amides is 1. The Labute approximate surface area is 131 Å². The van der Waals surface area contributed by atoms with Gasteiger partial charge in [-0.2, -0.15) is 0 Å². The lowest BCUT2D eigenvalue weighted by Gasteiger charge is -2.15. The fourth-order valence-electron chi connectivity index (χ4n) is 2.11. The van der Waals surface area contributed by atoms with Gasteiger partial charge in [-0.15, -0.1) is 11.3 Å². The minimum Gasteiger partial charge on any atom is -0.478 e. The van der Waals surface area contributed by atoms with Crippen molar-refractivity contribution in [2.45, 2.75) is 20.1 Å². The van der Waals surface area contributed by atoms with Crippen LogP contribution in [-0.4, -0.2) is 36.0 Å². The number of aryl methyl sites for hydroxylation is 1. The van der Waals surface area contributed by atoms with Gasteiger partial charge in [-0.3, -0.25) is 4.79 Å². The van der Waals surface area contributed by atoms with Gasteiger partial charge in [0.2, 0.25) is 0 Å². The summed E-state index contributed by atoms with van der Waals surface area (Å²) < 4.78 is 10.5. The van der Waals surface area contributed by atoms with Crippen molar-refractivity contribution >= 4 is 23.2 Å².